The Morgan fingerprint density at radius 2 is 2.23 bits per heavy atom. The summed E-state index contributed by atoms with van der Waals surface area (Å²) in [6.45, 7) is 10.4. The molecule has 1 heterocycles. The van der Waals surface area contributed by atoms with Gasteiger partial charge in [0.25, 0.3) is 0 Å². The van der Waals surface area contributed by atoms with E-state index in [-0.39, 0.29) is 6.04 Å². The summed E-state index contributed by atoms with van der Waals surface area (Å²) in [5.41, 5.74) is 5.84. The second-order valence-electron chi connectivity index (χ2n) is 4.26. The molecule has 1 rings (SSSR count). The molecule has 0 aromatic carbocycles. The highest BCUT2D eigenvalue weighted by molar-refractivity contribution is 4.75. The monoisotopic (exact) mass is 186 g/mol. The fourth-order valence-electron chi connectivity index (χ4n) is 1.57. The molecule has 0 spiro atoms. The van der Waals surface area contributed by atoms with Crippen LogP contribution in [0.3, 0.4) is 0 Å². The lowest BCUT2D eigenvalue weighted by Crippen LogP contribution is -2.47. The standard InChI is InChI=1S/C10H22N2O/c1-8(10(3)11)6-12-4-5-13-7-9(12)2/h8-10H,4-7,11H2,1-3H3. The minimum atomic E-state index is 0.287. The van der Waals surface area contributed by atoms with Crippen molar-refractivity contribution in [2.45, 2.75) is 32.9 Å². The minimum Gasteiger partial charge on any atom is -0.379 e. The molecule has 3 nitrogen and oxygen atoms in total. The van der Waals surface area contributed by atoms with Crippen molar-refractivity contribution in [2.75, 3.05) is 26.3 Å². The SMILES string of the molecule is CC(N)C(C)CN1CCOCC1C. The second-order valence-corrected chi connectivity index (χ2v) is 4.26. The molecule has 78 valence electrons. The van der Waals surface area contributed by atoms with Crippen molar-refractivity contribution < 1.29 is 4.74 Å². The highest BCUT2D eigenvalue weighted by Crippen LogP contribution is 2.10. The zero-order valence-corrected chi connectivity index (χ0v) is 8.99. The van der Waals surface area contributed by atoms with E-state index in [1.807, 2.05) is 0 Å². The van der Waals surface area contributed by atoms with Crippen LogP contribution in [0, 0.1) is 5.92 Å². The van der Waals surface area contributed by atoms with Gasteiger partial charge in [0.2, 0.25) is 0 Å². The minimum absolute atomic E-state index is 0.287. The summed E-state index contributed by atoms with van der Waals surface area (Å²) in [5, 5.41) is 0. The van der Waals surface area contributed by atoms with Crippen LogP contribution in [0.4, 0.5) is 0 Å². The number of nitrogens with zero attached hydrogens (tertiary/aromatic N) is 1. The number of hydrogen-bond donors (Lipinski definition) is 1. The van der Waals surface area contributed by atoms with Crippen LogP contribution in [0.25, 0.3) is 0 Å². The molecule has 3 heteroatoms. The average molecular weight is 186 g/mol. The molecule has 1 saturated heterocycles. The zero-order chi connectivity index (χ0) is 9.84. The molecular formula is C10H22N2O. The Balaban J connectivity index is 2.33. The third-order valence-electron chi connectivity index (χ3n) is 2.93. The van der Waals surface area contributed by atoms with Crippen molar-refractivity contribution in [3.05, 3.63) is 0 Å². The molecule has 0 aliphatic carbocycles. The molecule has 3 atom stereocenters. The van der Waals surface area contributed by atoms with E-state index >= 15 is 0 Å². The first-order chi connectivity index (χ1) is 6.11. The van der Waals surface area contributed by atoms with Gasteiger partial charge in [-0.1, -0.05) is 6.92 Å². The van der Waals surface area contributed by atoms with Gasteiger partial charge in [0, 0.05) is 25.2 Å². The van der Waals surface area contributed by atoms with Crippen molar-refractivity contribution in [2.24, 2.45) is 11.7 Å². The molecule has 1 aliphatic rings. The summed E-state index contributed by atoms with van der Waals surface area (Å²) in [6, 6.07) is 0.838. The number of nitrogens with two attached hydrogens (primary N) is 1. The number of ether oxygens (including phenoxy) is 1. The van der Waals surface area contributed by atoms with Crippen LogP contribution in [0.2, 0.25) is 0 Å². The Kier molecular flexibility index (Phi) is 4.16. The molecule has 0 radical (unpaired) electrons. The Bertz CT molecular complexity index is 150. The number of morpholine rings is 1. The molecule has 13 heavy (non-hydrogen) atoms. The van der Waals surface area contributed by atoms with E-state index in [0.29, 0.717) is 12.0 Å². The van der Waals surface area contributed by atoms with Gasteiger partial charge in [-0.05, 0) is 19.8 Å². The molecule has 0 aromatic heterocycles. The van der Waals surface area contributed by atoms with Crippen molar-refractivity contribution in [1.82, 2.24) is 4.90 Å². The molecule has 0 aromatic rings. The average Bonchev–Trinajstić information content (AvgIpc) is 2.08. The van der Waals surface area contributed by atoms with Crippen LogP contribution in [-0.2, 0) is 4.74 Å². The maximum absolute atomic E-state index is 5.84. The first-order valence-electron chi connectivity index (χ1n) is 5.18. The molecule has 1 fully saturated rings. The highest BCUT2D eigenvalue weighted by atomic mass is 16.5. The third kappa shape index (κ3) is 3.25. The third-order valence-corrected chi connectivity index (χ3v) is 2.93. The van der Waals surface area contributed by atoms with Gasteiger partial charge >= 0.3 is 0 Å². The Morgan fingerprint density at radius 3 is 2.77 bits per heavy atom. The Hall–Kier alpha value is -0.120. The topological polar surface area (TPSA) is 38.5 Å². The summed E-state index contributed by atoms with van der Waals surface area (Å²) < 4.78 is 5.38. The quantitative estimate of drug-likeness (QED) is 0.705. The number of rotatable bonds is 3. The van der Waals surface area contributed by atoms with Crippen LogP contribution in [-0.4, -0.2) is 43.3 Å². The molecular weight excluding hydrogens is 164 g/mol. The van der Waals surface area contributed by atoms with Crippen molar-refractivity contribution >= 4 is 0 Å². The predicted molar refractivity (Wildman–Crippen MR) is 54.7 cm³/mol. The van der Waals surface area contributed by atoms with Gasteiger partial charge in [-0.2, -0.15) is 0 Å². The Morgan fingerprint density at radius 1 is 1.54 bits per heavy atom. The molecule has 3 unspecified atom stereocenters. The number of hydrogen-bond acceptors (Lipinski definition) is 3. The van der Waals surface area contributed by atoms with Crippen LogP contribution >= 0.6 is 0 Å². The van der Waals surface area contributed by atoms with Crippen LogP contribution in [0.15, 0.2) is 0 Å². The first-order valence-corrected chi connectivity index (χ1v) is 5.18. The van der Waals surface area contributed by atoms with Crippen LogP contribution in [0.1, 0.15) is 20.8 Å². The van der Waals surface area contributed by atoms with E-state index in [0.717, 1.165) is 26.3 Å². The van der Waals surface area contributed by atoms with Crippen LogP contribution < -0.4 is 5.73 Å². The second kappa shape index (κ2) is 4.94. The summed E-state index contributed by atoms with van der Waals surface area (Å²) in [5.74, 6) is 0.570. The molecule has 1 aliphatic heterocycles. The smallest absolute Gasteiger partial charge is 0.0619 e. The fourth-order valence-corrected chi connectivity index (χ4v) is 1.57. The zero-order valence-electron chi connectivity index (χ0n) is 8.99. The molecule has 0 amide bonds. The van der Waals surface area contributed by atoms with Gasteiger partial charge in [0.05, 0.1) is 13.2 Å². The van der Waals surface area contributed by atoms with Crippen molar-refractivity contribution in [3.8, 4) is 0 Å². The lowest BCUT2D eigenvalue weighted by Gasteiger charge is -2.35. The largest absolute Gasteiger partial charge is 0.379 e. The van der Waals surface area contributed by atoms with E-state index in [1.54, 1.807) is 0 Å². The first kappa shape index (κ1) is 11.0. The predicted octanol–water partition coefficient (Wildman–Crippen LogP) is 0.690. The van der Waals surface area contributed by atoms with Gasteiger partial charge < -0.3 is 10.5 Å². The normalized spacial score (nSPS) is 30.0. The summed E-state index contributed by atoms with van der Waals surface area (Å²) >= 11 is 0. The van der Waals surface area contributed by atoms with E-state index in [2.05, 4.69) is 25.7 Å². The summed E-state index contributed by atoms with van der Waals surface area (Å²) in [6.07, 6.45) is 0. The van der Waals surface area contributed by atoms with Crippen molar-refractivity contribution in [3.63, 3.8) is 0 Å². The van der Waals surface area contributed by atoms with E-state index in [4.69, 9.17) is 10.5 Å². The Labute approximate surface area is 81.2 Å². The van der Waals surface area contributed by atoms with E-state index < -0.39 is 0 Å². The highest BCUT2D eigenvalue weighted by Gasteiger charge is 2.21. The fraction of sp³-hybridized carbons (Fsp3) is 1.00. The molecule has 0 saturated carbocycles. The summed E-state index contributed by atoms with van der Waals surface area (Å²) in [7, 11) is 0. The van der Waals surface area contributed by atoms with Crippen LogP contribution in [0.5, 0.6) is 0 Å². The molecule has 2 N–H and O–H groups in total. The lowest BCUT2D eigenvalue weighted by molar-refractivity contribution is -0.00730. The van der Waals surface area contributed by atoms with E-state index in [9.17, 15) is 0 Å². The van der Waals surface area contributed by atoms with Crippen molar-refractivity contribution in [1.29, 1.82) is 0 Å². The lowest BCUT2D eigenvalue weighted by atomic mass is 10.0. The maximum atomic E-state index is 5.84. The van der Waals surface area contributed by atoms with E-state index in [1.165, 1.54) is 0 Å². The molecule has 0 bridgehead atoms. The van der Waals surface area contributed by atoms with Gasteiger partial charge in [0.1, 0.15) is 0 Å². The summed E-state index contributed by atoms with van der Waals surface area (Å²) in [4.78, 5) is 2.47. The van der Waals surface area contributed by atoms with Gasteiger partial charge in [-0.3, -0.25) is 4.90 Å². The van der Waals surface area contributed by atoms with Gasteiger partial charge in [0.15, 0.2) is 0 Å². The van der Waals surface area contributed by atoms with Gasteiger partial charge in [-0.15, -0.1) is 0 Å². The maximum Gasteiger partial charge on any atom is 0.0619 e. The van der Waals surface area contributed by atoms with Gasteiger partial charge in [-0.25, -0.2) is 0 Å².